The zero-order valence-corrected chi connectivity index (χ0v) is 16.5. The van der Waals surface area contributed by atoms with Gasteiger partial charge in [-0.3, -0.25) is 0 Å². The summed E-state index contributed by atoms with van der Waals surface area (Å²) in [5.41, 5.74) is 1.23. The summed E-state index contributed by atoms with van der Waals surface area (Å²) >= 11 is 6.90. The second-order valence-corrected chi connectivity index (χ2v) is 6.96. The summed E-state index contributed by atoms with van der Waals surface area (Å²) in [6, 6.07) is 14.7. The Kier molecular flexibility index (Phi) is 5.50. The van der Waals surface area contributed by atoms with Crippen LogP contribution in [0.3, 0.4) is 0 Å². The minimum absolute atomic E-state index is 0.419. The zero-order valence-electron chi connectivity index (χ0n) is 13.3. The van der Waals surface area contributed by atoms with Gasteiger partial charge >= 0.3 is 5.97 Å². The van der Waals surface area contributed by atoms with Crippen molar-refractivity contribution in [3.8, 4) is 0 Å². The van der Waals surface area contributed by atoms with E-state index in [0.717, 1.165) is 10.0 Å². The normalized spacial score (nSPS) is 11.4. The van der Waals surface area contributed by atoms with E-state index in [-0.39, 0.29) is 0 Å². The summed E-state index contributed by atoms with van der Waals surface area (Å²) in [5, 5.41) is 0. The Bertz CT molecular complexity index is 948. The third-order valence-corrected chi connectivity index (χ3v) is 4.94. The fourth-order valence-electron chi connectivity index (χ4n) is 2.24. The van der Waals surface area contributed by atoms with Crippen LogP contribution < -0.4 is 0 Å². The number of imidazole rings is 1. The predicted octanol–water partition coefficient (Wildman–Crippen LogP) is 5.30. The first-order chi connectivity index (χ1) is 12.1. The molecular weight excluding hydrogens is 448 g/mol. The largest absolute Gasteiger partial charge is 0.422 e. The van der Waals surface area contributed by atoms with Crippen molar-refractivity contribution in [2.45, 2.75) is 0 Å². The third kappa shape index (κ3) is 4.08. The molecule has 0 unspecified atom stereocenters. The van der Waals surface area contributed by atoms with Crippen LogP contribution in [0.5, 0.6) is 0 Å². The van der Waals surface area contributed by atoms with Crippen LogP contribution >= 0.6 is 31.9 Å². The lowest BCUT2D eigenvalue weighted by atomic mass is 10.1. The van der Waals surface area contributed by atoms with Crippen molar-refractivity contribution >= 4 is 49.7 Å². The van der Waals surface area contributed by atoms with Crippen LogP contribution in [0, 0.1) is 0 Å². The van der Waals surface area contributed by atoms with Crippen LogP contribution in [-0.2, 0) is 11.8 Å². The first kappa shape index (κ1) is 17.6. The summed E-state index contributed by atoms with van der Waals surface area (Å²) in [7, 11) is 1.88. The van der Waals surface area contributed by atoms with Gasteiger partial charge in [-0.2, -0.15) is 0 Å². The van der Waals surface area contributed by atoms with Crippen molar-refractivity contribution in [2.75, 3.05) is 0 Å². The Morgan fingerprint density at radius 2 is 1.64 bits per heavy atom. The lowest BCUT2D eigenvalue weighted by molar-refractivity contribution is 0.0692. The van der Waals surface area contributed by atoms with Gasteiger partial charge in [0.25, 0.3) is 0 Å². The van der Waals surface area contributed by atoms with E-state index >= 15 is 0 Å². The molecule has 0 saturated carbocycles. The summed E-state index contributed by atoms with van der Waals surface area (Å²) in [5.74, 6) is 0.664. The molecule has 0 fully saturated rings. The van der Waals surface area contributed by atoms with Crippen LogP contribution in [-0.4, -0.2) is 15.5 Å². The van der Waals surface area contributed by atoms with E-state index in [1.54, 1.807) is 30.5 Å². The second kappa shape index (κ2) is 7.80. The Balaban J connectivity index is 2.02. The van der Waals surface area contributed by atoms with E-state index in [1.165, 1.54) is 0 Å². The lowest BCUT2D eigenvalue weighted by Gasteiger charge is -2.12. The molecule has 1 heterocycles. The molecule has 4 nitrogen and oxygen atoms in total. The number of aromatic nitrogens is 2. The summed E-state index contributed by atoms with van der Waals surface area (Å²) in [6.07, 6.45) is 5.27. The molecule has 1 aromatic heterocycles. The van der Waals surface area contributed by atoms with Gasteiger partial charge in [0.2, 0.25) is 0 Å². The van der Waals surface area contributed by atoms with Gasteiger partial charge in [-0.25, -0.2) is 9.78 Å². The Labute approximate surface area is 162 Å². The highest BCUT2D eigenvalue weighted by Crippen LogP contribution is 2.28. The molecule has 0 radical (unpaired) electrons. The van der Waals surface area contributed by atoms with Gasteiger partial charge in [0.05, 0.1) is 5.56 Å². The fourth-order valence-corrected chi connectivity index (χ4v) is 3.17. The number of hydrogen-bond donors (Lipinski definition) is 0. The van der Waals surface area contributed by atoms with E-state index in [2.05, 4.69) is 36.8 Å². The first-order valence-corrected chi connectivity index (χ1v) is 9.05. The van der Waals surface area contributed by atoms with Gasteiger partial charge in [0, 0.05) is 40.0 Å². The van der Waals surface area contributed by atoms with E-state index in [4.69, 9.17) is 4.74 Å². The van der Waals surface area contributed by atoms with Crippen LogP contribution in [0.15, 0.2) is 69.9 Å². The first-order valence-electron chi connectivity index (χ1n) is 7.47. The van der Waals surface area contributed by atoms with Crippen molar-refractivity contribution in [3.63, 3.8) is 0 Å². The van der Waals surface area contributed by atoms with Gasteiger partial charge in [-0.05, 0) is 34.1 Å². The van der Waals surface area contributed by atoms with Crippen LogP contribution in [0.4, 0.5) is 0 Å². The molecule has 0 bridgehead atoms. The number of nitrogens with zero attached hydrogens (tertiary/aromatic N) is 2. The molecule has 0 aliphatic heterocycles. The Morgan fingerprint density at radius 1 is 1.04 bits per heavy atom. The summed E-state index contributed by atoms with van der Waals surface area (Å²) in [6.45, 7) is 0. The average Bonchev–Trinajstić information content (AvgIpc) is 3.00. The number of hydrogen-bond acceptors (Lipinski definition) is 3. The number of carbonyl (C=O) groups is 1. The molecular formula is C19H14Br2N2O2. The van der Waals surface area contributed by atoms with E-state index in [1.807, 2.05) is 48.1 Å². The highest BCUT2D eigenvalue weighted by atomic mass is 79.9. The minimum atomic E-state index is -0.441. The minimum Gasteiger partial charge on any atom is -0.422 e. The topological polar surface area (TPSA) is 44.1 Å². The number of esters is 1. The second-order valence-electron chi connectivity index (χ2n) is 5.25. The van der Waals surface area contributed by atoms with E-state index < -0.39 is 5.97 Å². The molecule has 6 heteroatoms. The Morgan fingerprint density at radius 3 is 2.20 bits per heavy atom. The van der Waals surface area contributed by atoms with Crippen molar-refractivity contribution in [1.29, 1.82) is 0 Å². The van der Waals surface area contributed by atoms with Crippen molar-refractivity contribution in [1.82, 2.24) is 9.55 Å². The number of aryl methyl sites for hydroxylation is 1. The van der Waals surface area contributed by atoms with Gasteiger partial charge in [0.15, 0.2) is 0 Å². The molecule has 0 saturated heterocycles. The molecule has 0 N–H and O–H groups in total. The number of carbonyl (C=O) groups excluding carboxylic acids is 1. The quantitative estimate of drug-likeness (QED) is 0.391. The molecule has 3 aromatic rings. The van der Waals surface area contributed by atoms with Gasteiger partial charge in [-0.1, -0.05) is 46.3 Å². The smallest absolute Gasteiger partial charge is 0.344 e. The maximum Gasteiger partial charge on any atom is 0.344 e. The van der Waals surface area contributed by atoms with E-state index in [9.17, 15) is 4.79 Å². The zero-order chi connectivity index (χ0) is 17.8. The van der Waals surface area contributed by atoms with Crippen LogP contribution in [0.2, 0.25) is 0 Å². The van der Waals surface area contributed by atoms with Gasteiger partial charge < -0.3 is 9.30 Å². The fraction of sp³-hybridized carbons (Fsp3) is 0.0526. The highest BCUT2D eigenvalue weighted by molar-refractivity contribution is 9.10. The summed E-state index contributed by atoms with van der Waals surface area (Å²) < 4.78 is 9.08. The molecule has 126 valence electrons. The predicted molar refractivity (Wildman–Crippen MR) is 105 cm³/mol. The maximum absolute atomic E-state index is 12.6. The number of ether oxygens (including phenoxy) is 1. The monoisotopic (exact) mass is 460 g/mol. The molecule has 25 heavy (non-hydrogen) atoms. The standard InChI is InChI=1S/C19H14Br2N2O2/c1-23-11-10-22-18(23)12-17(13-6-2-4-8-15(13)20)25-19(24)14-7-3-5-9-16(14)21/h2-12H,1H3/b17-12+. The number of benzene rings is 2. The molecule has 2 aromatic carbocycles. The molecule has 0 spiro atoms. The van der Waals surface area contributed by atoms with Crippen molar-refractivity contribution in [2.24, 2.45) is 7.05 Å². The molecule has 0 amide bonds. The molecule has 0 aliphatic rings. The molecule has 3 rings (SSSR count). The molecule has 0 atom stereocenters. The van der Waals surface area contributed by atoms with Crippen LogP contribution in [0.25, 0.3) is 11.8 Å². The highest BCUT2D eigenvalue weighted by Gasteiger charge is 2.17. The van der Waals surface area contributed by atoms with E-state index in [0.29, 0.717) is 21.6 Å². The SMILES string of the molecule is Cn1ccnc1/C=C(/OC(=O)c1ccccc1Br)c1ccccc1Br. The van der Waals surface area contributed by atoms with Gasteiger partial charge in [-0.15, -0.1) is 0 Å². The van der Waals surface area contributed by atoms with Crippen molar-refractivity contribution < 1.29 is 9.53 Å². The number of halogens is 2. The van der Waals surface area contributed by atoms with Crippen molar-refractivity contribution in [3.05, 3.63) is 86.8 Å². The van der Waals surface area contributed by atoms with Crippen LogP contribution in [0.1, 0.15) is 21.7 Å². The Hall–Kier alpha value is -2.18. The summed E-state index contributed by atoms with van der Waals surface area (Å²) in [4.78, 5) is 16.9. The third-order valence-electron chi connectivity index (χ3n) is 3.55. The maximum atomic E-state index is 12.6. The number of rotatable bonds is 4. The molecule has 0 aliphatic carbocycles. The average molecular weight is 462 g/mol. The van der Waals surface area contributed by atoms with Gasteiger partial charge in [0.1, 0.15) is 11.6 Å². The lowest BCUT2D eigenvalue weighted by Crippen LogP contribution is -2.06.